The molecule has 0 amide bonds. The van der Waals surface area contributed by atoms with E-state index in [2.05, 4.69) is 15.9 Å². The summed E-state index contributed by atoms with van der Waals surface area (Å²) in [4.78, 5) is 0. The maximum absolute atomic E-state index is 12.8. The summed E-state index contributed by atoms with van der Waals surface area (Å²) in [6, 6.07) is 11.6. The van der Waals surface area contributed by atoms with Gasteiger partial charge in [0.15, 0.2) is 0 Å². The first-order valence-corrected chi connectivity index (χ1v) is 6.47. The summed E-state index contributed by atoms with van der Waals surface area (Å²) < 4.78 is 18.4. The molecule has 0 spiro atoms. The van der Waals surface area contributed by atoms with Crippen LogP contribution < -0.4 is 4.74 Å². The van der Waals surface area contributed by atoms with E-state index < -0.39 is 0 Å². The van der Waals surface area contributed by atoms with Crippen LogP contribution in [0.25, 0.3) is 0 Å². The van der Waals surface area contributed by atoms with E-state index in [1.807, 2.05) is 24.3 Å². The second-order valence-corrected chi connectivity index (χ2v) is 4.42. The van der Waals surface area contributed by atoms with E-state index in [9.17, 15) is 4.39 Å². The molecule has 1 nitrogen and oxygen atoms in total. The molecule has 0 aliphatic carbocycles. The van der Waals surface area contributed by atoms with Crippen molar-refractivity contribution >= 4 is 27.5 Å². The Hall–Kier alpha value is -1.06. The Morgan fingerprint density at radius 3 is 2.41 bits per heavy atom. The molecule has 17 heavy (non-hydrogen) atoms. The summed E-state index contributed by atoms with van der Waals surface area (Å²) in [6.45, 7) is 0. The molecule has 2 aromatic carbocycles. The van der Waals surface area contributed by atoms with Gasteiger partial charge in [-0.15, -0.1) is 0 Å². The fraction of sp³-hybridized carbons (Fsp3) is 0.0769. The van der Waals surface area contributed by atoms with Gasteiger partial charge >= 0.3 is 0 Å². The lowest BCUT2D eigenvalue weighted by atomic mass is 10.2. The molecular weight excluding hydrogens is 306 g/mol. The van der Waals surface area contributed by atoms with Crippen LogP contribution in [-0.4, -0.2) is 0 Å². The maximum Gasteiger partial charge on any atom is 0.146 e. The minimum absolute atomic E-state index is 0.259. The van der Waals surface area contributed by atoms with Crippen LogP contribution in [0.15, 0.2) is 42.5 Å². The Balaban J connectivity index is 2.19. The Morgan fingerprint density at radius 2 is 1.82 bits per heavy atom. The van der Waals surface area contributed by atoms with Crippen molar-refractivity contribution in [3.63, 3.8) is 0 Å². The van der Waals surface area contributed by atoms with Crippen LogP contribution in [0.4, 0.5) is 4.39 Å². The van der Waals surface area contributed by atoms with Crippen molar-refractivity contribution in [1.29, 1.82) is 0 Å². The molecule has 0 aromatic heterocycles. The number of hydrogen-bond donors (Lipinski definition) is 0. The van der Waals surface area contributed by atoms with E-state index in [1.54, 1.807) is 0 Å². The molecule has 0 saturated heterocycles. The van der Waals surface area contributed by atoms with E-state index in [0.717, 1.165) is 10.9 Å². The number of ether oxygens (including phenoxy) is 1. The molecule has 2 rings (SSSR count). The summed E-state index contributed by atoms with van der Waals surface area (Å²) in [5.41, 5.74) is 1.16. The summed E-state index contributed by atoms with van der Waals surface area (Å²) in [5.74, 6) is 0.736. The van der Waals surface area contributed by atoms with Gasteiger partial charge in [0.1, 0.15) is 17.3 Å². The summed E-state index contributed by atoms with van der Waals surface area (Å²) in [6.07, 6.45) is 0. The highest BCUT2D eigenvalue weighted by Crippen LogP contribution is 2.29. The monoisotopic (exact) mass is 314 g/mol. The molecule has 0 fully saturated rings. The van der Waals surface area contributed by atoms with Crippen molar-refractivity contribution in [2.45, 2.75) is 5.33 Å². The number of halogens is 3. The standard InChI is InChI=1S/C13H9BrClFO/c14-8-9-1-4-11(5-2-9)17-13-6-3-10(16)7-12(13)15/h1-7H,8H2. The van der Waals surface area contributed by atoms with Gasteiger partial charge in [-0.25, -0.2) is 4.39 Å². The zero-order valence-electron chi connectivity index (χ0n) is 8.79. The molecule has 0 atom stereocenters. The highest BCUT2D eigenvalue weighted by Gasteiger charge is 2.04. The van der Waals surface area contributed by atoms with Gasteiger partial charge in [0.05, 0.1) is 5.02 Å². The molecule has 0 saturated carbocycles. The van der Waals surface area contributed by atoms with Gasteiger partial charge < -0.3 is 4.74 Å². The van der Waals surface area contributed by atoms with Crippen LogP contribution in [0.1, 0.15) is 5.56 Å². The molecule has 2 aromatic rings. The predicted molar refractivity (Wildman–Crippen MR) is 70.6 cm³/mol. The fourth-order valence-corrected chi connectivity index (χ4v) is 1.91. The summed E-state index contributed by atoms with van der Waals surface area (Å²) >= 11 is 9.23. The Kier molecular flexibility index (Phi) is 4.02. The third-order valence-electron chi connectivity index (χ3n) is 2.20. The third kappa shape index (κ3) is 3.20. The number of rotatable bonds is 3. The zero-order chi connectivity index (χ0) is 12.3. The number of benzene rings is 2. The molecule has 0 heterocycles. The smallest absolute Gasteiger partial charge is 0.146 e. The molecule has 0 unspecified atom stereocenters. The van der Waals surface area contributed by atoms with Gasteiger partial charge in [0.25, 0.3) is 0 Å². The van der Waals surface area contributed by atoms with E-state index in [-0.39, 0.29) is 10.8 Å². The van der Waals surface area contributed by atoms with Crippen LogP contribution in [0.5, 0.6) is 11.5 Å². The average molecular weight is 316 g/mol. The van der Waals surface area contributed by atoms with E-state index in [0.29, 0.717) is 11.5 Å². The first kappa shape index (κ1) is 12.4. The second-order valence-electron chi connectivity index (χ2n) is 3.45. The van der Waals surface area contributed by atoms with E-state index in [4.69, 9.17) is 16.3 Å². The Morgan fingerprint density at radius 1 is 1.12 bits per heavy atom. The first-order chi connectivity index (χ1) is 8.19. The topological polar surface area (TPSA) is 9.23 Å². The molecule has 0 aliphatic heterocycles. The van der Waals surface area contributed by atoms with Gasteiger partial charge in [-0.1, -0.05) is 39.7 Å². The van der Waals surface area contributed by atoms with Crippen LogP contribution in [0.2, 0.25) is 5.02 Å². The van der Waals surface area contributed by atoms with Crippen LogP contribution >= 0.6 is 27.5 Å². The average Bonchev–Trinajstić information content (AvgIpc) is 2.34. The zero-order valence-corrected chi connectivity index (χ0v) is 11.1. The van der Waals surface area contributed by atoms with E-state index in [1.165, 1.54) is 18.2 Å². The fourth-order valence-electron chi connectivity index (χ4n) is 1.33. The molecular formula is C13H9BrClFO. The van der Waals surface area contributed by atoms with Gasteiger partial charge in [0.2, 0.25) is 0 Å². The van der Waals surface area contributed by atoms with Crippen molar-refractivity contribution in [3.05, 3.63) is 58.9 Å². The number of hydrogen-bond acceptors (Lipinski definition) is 1. The van der Waals surface area contributed by atoms with Crippen LogP contribution in [-0.2, 0) is 5.33 Å². The molecule has 4 heteroatoms. The van der Waals surface area contributed by atoms with Crippen LogP contribution in [0.3, 0.4) is 0 Å². The molecule has 88 valence electrons. The SMILES string of the molecule is Fc1ccc(Oc2ccc(CBr)cc2)c(Cl)c1. The summed E-state index contributed by atoms with van der Waals surface area (Å²) in [7, 11) is 0. The van der Waals surface area contributed by atoms with Crippen molar-refractivity contribution in [3.8, 4) is 11.5 Å². The van der Waals surface area contributed by atoms with E-state index >= 15 is 0 Å². The minimum atomic E-state index is -0.378. The van der Waals surface area contributed by atoms with Crippen molar-refractivity contribution < 1.29 is 9.13 Å². The molecule has 0 radical (unpaired) electrons. The quantitative estimate of drug-likeness (QED) is 0.710. The molecule has 0 aliphatic rings. The van der Waals surface area contributed by atoms with Gasteiger partial charge in [-0.2, -0.15) is 0 Å². The second kappa shape index (κ2) is 5.52. The maximum atomic E-state index is 12.8. The molecule has 0 N–H and O–H groups in total. The Bertz CT molecular complexity index is 513. The van der Waals surface area contributed by atoms with Crippen molar-refractivity contribution in [2.24, 2.45) is 0 Å². The van der Waals surface area contributed by atoms with Crippen LogP contribution in [0, 0.1) is 5.82 Å². The highest BCUT2D eigenvalue weighted by atomic mass is 79.9. The summed E-state index contributed by atoms with van der Waals surface area (Å²) in [5, 5.41) is 1.06. The predicted octanol–water partition coefficient (Wildman–Crippen LogP) is 5.17. The number of alkyl halides is 1. The lowest BCUT2D eigenvalue weighted by molar-refractivity contribution is 0.480. The van der Waals surface area contributed by atoms with Gasteiger partial charge in [-0.3, -0.25) is 0 Å². The largest absolute Gasteiger partial charge is 0.456 e. The lowest BCUT2D eigenvalue weighted by Gasteiger charge is -2.07. The minimum Gasteiger partial charge on any atom is -0.456 e. The van der Waals surface area contributed by atoms with Gasteiger partial charge in [0, 0.05) is 5.33 Å². The normalized spacial score (nSPS) is 10.3. The Labute approximate surface area is 112 Å². The van der Waals surface area contributed by atoms with Crippen molar-refractivity contribution in [2.75, 3.05) is 0 Å². The molecule has 0 bridgehead atoms. The third-order valence-corrected chi connectivity index (χ3v) is 3.14. The van der Waals surface area contributed by atoms with Crippen molar-refractivity contribution in [1.82, 2.24) is 0 Å². The first-order valence-electron chi connectivity index (χ1n) is 4.97. The lowest BCUT2D eigenvalue weighted by Crippen LogP contribution is -1.86. The highest BCUT2D eigenvalue weighted by molar-refractivity contribution is 9.08. The van der Waals surface area contributed by atoms with Gasteiger partial charge in [-0.05, 0) is 35.9 Å².